The second-order valence-corrected chi connectivity index (χ2v) is 7.45. The lowest BCUT2D eigenvalue weighted by molar-refractivity contribution is -0.116. The molecule has 1 amide bonds. The lowest BCUT2D eigenvalue weighted by atomic mass is 10.2. The van der Waals surface area contributed by atoms with E-state index in [1.807, 2.05) is 41.0 Å². The normalized spacial score (nSPS) is 14.8. The van der Waals surface area contributed by atoms with Gasteiger partial charge >= 0.3 is 0 Å². The van der Waals surface area contributed by atoms with E-state index in [0.29, 0.717) is 0 Å². The van der Waals surface area contributed by atoms with Crippen LogP contribution in [-0.4, -0.2) is 28.5 Å². The fourth-order valence-electron chi connectivity index (χ4n) is 4.00. The van der Waals surface area contributed by atoms with Gasteiger partial charge in [0, 0.05) is 30.9 Å². The molecule has 5 heteroatoms. The number of aryl methyl sites for hydroxylation is 1. The predicted octanol–water partition coefficient (Wildman–Crippen LogP) is 4.62. The van der Waals surface area contributed by atoms with Crippen molar-refractivity contribution in [3.05, 3.63) is 54.4 Å². The smallest absolute Gasteiger partial charge is 0.244 e. The van der Waals surface area contributed by atoms with E-state index in [-0.39, 0.29) is 12.5 Å². The molecular formula is C23H28N4O. The highest BCUT2D eigenvalue weighted by atomic mass is 16.1. The molecule has 1 fully saturated rings. The molecule has 2 heterocycles. The Morgan fingerprint density at radius 1 is 1.00 bits per heavy atom. The molecule has 28 heavy (non-hydrogen) atoms. The van der Waals surface area contributed by atoms with Gasteiger partial charge in [0.05, 0.1) is 11.0 Å². The largest absolute Gasteiger partial charge is 0.372 e. The predicted molar refractivity (Wildman–Crippen MR) is 115 cm³/mol. The van der Waals surface area contributed by atoms with Crippen LogP contribution in [0.15, 0.2) is 48.5 Å². The molecule has 4 rings (SSSR count). The zero-order valence-electron chi connectivity index (χ0n) is 16.5. The minimum absolute atomic E-state index is 0.0274. The standard InChI is InChI=1S/C23H28N4O/c1-2-22-25-20-9-5-6-10-21(20)27(22)17-23(28)24-18-11-13-19(14-12-18)26-15-7-3-4-8-16-26/h5-6,9-14H,2-4,7-8,15-17H2,1H3,(H,24,28). The highest BCUT2D eigenvalue weighted by molar-refractivity contribution is 5.92. The van der Waals surface area contributed by atoms with Crippen LogP contribution in [0.2, 0.25) is 0 Å². The van der Waals surface area contributed by atoms with E-state index in [4.69, 9.17) is 0 Å². The summed E-state index contributed by atoms with van der Waals surface area (Å²) in [5.74, 6) is 0.910. The number of rotatable bonds is 5. The number of fused-ring (bicyclic) bond motifs is 1. The van der Waals surface area contributed by atoms with Crippen molar-refractivity contribution in [1.29, 1.82) is 0 Å². The van der Waals surface area contributed by atoms with Crippen molar-refractivity contribution in [3.8, 4) is 0 Å². The molecule has 0 unspecified atom stereocenters. The number of imidazole rings is 1. The van der Waals surface area contributed by atoms with Crippen LogP contribution < -0.4 is 10.2 Å². The first-order chi connectivity index (χ1) is 13.7. The number of carbonyl (C=O) groups excluding carboxylic acids is 1. The van der Waals surface area contributed by atoms with E-state index in [1.54, 1.807) is 0 Å². The third-order valence-corrected chi connectivity index (χ3v) is 5.47. The zero-order valence-corrected chi connectivity index (χ0v) is 16.5. The molecule has 146 valence electrons. The summed E-state index contributed by atoms with van der Waals surface area (Å²) in [6, 6.07) is 16.2. The number of para-hydroxylation sites is 2. The van der Waals surface area contributed by atoms with Crippen LogP contribution in [-0.2, 0) is 17.8 Å². The maximum Gasteiger partial charge on any atom is 0.244 e. The second kappa shape index (κ2) is 8.46. The van der Waals surface area contributed by atoms with Crippen molar-refractivity contribution in [2.45, 2.75) is 45.6 Å². The molecule has 0 radical (unpaired) electrons. The molecule has 1 N–H and O–H groups in total. The monoisotopic (exact) mass is 376 g/mol. The number of carbonyl (C=O) groups is 1. The average molecular weight is 377 g/mol. The Morgan fingerprint density at radius 2 is 1.71 bits per heavy atom. The molecule has 1 saturated heterocycles. The van der Waals surface area contributed by atoms with Gasteiger partial charge in [-0.2, -0.15) is 0 Å². The highest BCUT2D eigenvalue weighted by Gasteiger charge is 2.13. The molecule has 3 aromatic rings. The van der Waals surface area contributed by atoms with Crippen LogP contribution in [0.5, 0.6) is 0 Å². The summed E-state index contributed by atoms with van der Waals surface area (Å²) in [6.45, 7) is 4.59. The first kappa shape index (κ1) is 18.5. The average Bonchev–Trinajstić information content (AvgIpc) is 2.88. The lowest BCUT2D eigenvalue weighted by Crippen LogP contribution is -2.24. The molecule has 1 aliphatic heterocycles. The van der Waals surface area contributed by atoms with Gasteiger partial charge in [-0.05, 0) is 49.2 Å². The van der Waals surface area contributed by atoms with Crippen molar-refractivity contribution in [2.24, 2.45) is 0 Å². The Balaban J connectivity index is 1.44. The van der Waals surface area contributed by atoms with Crippen LogP contribution in [0.25, 0.3) is 11.0 Å². The van der Waals surface area contributed by atoms with Gasteiger partial charge in [-0.25, -0.2) is 4.98 Å². The maximum atomic E-state index is 12.7. The van der Waals surface area contributed by atoms with Crippen molar-refractivity contribution in [2.75, 3.05) is 23.3 Å². The van der Waals surface area contributed by atoms with Gasteiger partial charge < -0.3 is 14.8 Å². The molecule has 0 saturated carbocycles. The molecule has 1 aliphatic rings. The van der Waals surface area contributed by atoms with E-state index < -0.39 is 0 Å². The van der Waals surface area contributed by atoms with Gasteiger partial charge in [0.15, 0.2) is 0 Å². The van der Waals surface area contributed by atoms with Crippen LogP contribution in [0.3, 0.4) is 0 Å². The molecule has 0 atom stereocenters. The SMILES string of the molecule is CCc1nc2ccccc2n1CC(=O)Nc1ccc(N2CCCCCC2)cc1. The number of hydrogen-bond acceptors (Lipinski definition) is 3. The molecule has 0 spiro atoms. The van der Waals surface area contributed by atoms with E-state index >= 15 is 0 Å². The first-order valence-corrected chi connectivity index (χ1v) is 10.3. The van der Waals surface area contributed by atoms with Crippen LogP contribution in [0.1, 0.15) is 38.4 Å². The van der Waals surface area contributed by atoms with Crippen LogP contribution in [0.4, 0.5) is 11.4 Å². The minimum atomic E-state index is -0.0274. The van der Waals surface area contributed by atoms with Crippen molar-refractivity contribution in [1.82, 2.24) is 9.55 Å². The van der Waals surface area contributed by atoms with Gasteiger partial charge in [-0.1, -0.05) is 31.9 Å². The van der Waals surface area contributed by atoms with E-state index in [1.165, 1.54) is 31.4 Å². The number of amides is 1. The number of hydrogen-bond donors (Lipinski definition) is 1. The van der Waals surface area contributed by atoms with E-state index in [0.717, 1.165) is 42.1 Å². The Morgan fingerprint density at radius 3 is 2.43 bits per heavy atom. The van der Waals surface area contributed by atoms with Crippen molar-refractivity contribution < 1.29 is 4.79 Å². The number of anilines is 2. The minimum Gasteiger partial charge on any atom is -0.372 e. The second-order valence-electron chi connectivity index (χ2n) is 7.45. The molecule has 0 aliphatic carbocycles. The van der Waals surface area contributed by atoms with E-state index in [2.05, 4.69) is 34.3 Å². The van der Waals surface area contributed by atoms with E-state index in [9.17, 15) is 4.79 Å². The Hall–Kier alpha value is -2.82. The molecule has 0 bridgehead atoms. The number of aromatic nitrogens is 2. The van der Waals surface area contributed by atoms with Gasteiger partial charge in [0.2, 0.25) is 5.91 Å². The zero-order chi connectivity index (χ0) is 19.3. The number of nitrogens with one attached hydrogen (secondary N) is 1. The van der Waals surface area contributed by atoms with Gasteiger partial charge in [-0.15, -0.1) is 0 Å². The summed E-state index contributed by atoms with van der Waals surface area (Å²) >= 11 is 0. The van der Waals surface area contributed by atoms with Gasteiger partial charge in [0.1, 0.15) is 12.4 Å². The third-order valence-electron chi connectivity index (χ3n) is 5.47. The lowest BCUT2D eigenvalue weighted by Gasteiger charge is -2.22. The Kier molecular flexibility index (Phi) is 5.60. The molecular weight excluding hydrogens is 348 g/mol. The Bertz CT molecular complexity index is 937. The van der Waals surface area contributed by atoms with Gasteiger partial charge in [-0.3, -0.25) is 4.79 Å². The highest BCUT2D eigenvalue weighted by Crippen LogP contribution is 2.22. The maximum absolute atomic E-state index is 12.7. The first-order valence-electron chi connectivity index (χ1n) is 10.3. The summed E-state index contributed by atoms with van der Waals surface area (Å²) in [4.78, 5) is 19.7. The quantitative estimate of drug-likeness (QED) is 0.707. The number of benzene rings is 2. The summed E-state index contributed by atoms with van der Waals surface area (Å²) in [6.07, 6.45) is 5.97. The fraction of sp³-hybridized carbons (Fsp3) is 0.391. The molecule has 2 aromatic carbocycles. The number of nitrogens with zero attached hydrogens (tertiary/aromatic N) is 3. The van der Waals surface area contributed by atoms with Crippen LogP contribution in [0, 0.1) is 0 Å². The summed E-state index contributed by atoms with van der Waals surface area (Å²) in [5, 5.41) is 3.03. The Labute approximate surface area is 166 Å². The third kappa shape index (κ3) is 4.03. The topological polar surface area (TPSA) is 50.2 Å². The fourth-order valence-corrected chi connectivity index (χ4v) is 4.00. The van der Waals surface area contributed by atoms with Crippen molar-refractivity contribution in [3.63, 3.8) is 0 Å². The summed E-state index contributed by atoms with van der Waals surface area (Å²) in [7, 11) is 0. The van der Waals surface area contributed by atoms with Gasteiger partial charge in [0.25, 0.3) is 0 Å². The summed E-state index contributed by atoms with van der Waals surface area (Å²) in [5.41, 5.74) is 4.03. The molecule has 1 aromatic heterocycles. The molecule has 5 nitrogen and oxygen atoms in total. The van der Waals surface area contributed by atoms with Crippen LogP contribution >= 0.6 is 0 Å². The van der Waals surface area contributed by atoms with Crippen molar-refractivity contribution >= 4 is 28.3 Å². The summed E-state index contributed by atoms with van der Waals surface area (Å²) < 4.78 is 2.01.